The minimum atomic E-state index is -1.44. The van der Waals surface area contributed by atoms with Gasteiger partial charge in [-0.25, -0.2) is 0 Å². The van der Waals surface area contributed by atoms with Crippen molar-refractivity contribution in [2.24, 2.45) is 5.41 Å². The number of hydrogen-bond acceptors (Lipinski definition) is 5. The maximum absolute atomic E-state index is 14.5. The molecule has 180 valence electrons. The van der Waals surface area contributed by atoms with Crippen molar-refractivity contribution in [2.75, 3.05) is 4.90 Å². The second kappa shape index (κ2) is 7.95. The standard InChI is InChI=1S/C32H23NO3S/c1-19-12-14-21(15-13-19)27-28(29(34)25-11-6-18-37-25)33-24-10-5-2-7-20(24)16-17-26(33)32(27)30(35)22-8-3-4-9-23(22)31(32)36/h2-18,26-28H,1H3/t26?,27-,28+/m0/s1. The Kier molecular flexibility index (Phi) is 4.76. The Morgan fingerprint density at radius 3 is 2.19 bits per heavy atom. The molecular weight excluding hydrogens is 478 g/mol. The second-order valence-corrected chi connectivity index (χ2v) is 11.0. The van der Waals surface area contributed by atoms with Gasteiger partial charge in [-0.15, -0.1) is 11.3 Å². The predicted octanol–water partition coefficient (Wildman–Crippen LogP) is 6.37. The Labute approximate surface area is 218 Å². The van der Waals surface area contributed by atoms with E-state index in [2.05, 4.69) is 4.90 Å². The van der Waals surface area contributed by atoms with Crippen molar-refractivity contribution in [3.05, 3.63) is 129 Å². The molecule has 3 aliphatic rings. The van der Waals surface area contributed by atoms with Crippen LogP contribution in [0.5, 0.6) is 0 Å². The number of fused-ring (bicyclic) bond motifs is 5. The van der Waals surface area contributed by atoms with Crippen LogP contribution in [0.15, 0.2) is 96.4 Å². The zero-order valence-corrected chi connectivity index (χ0v) is 20.9. The van der Waals surface area contributed by atoms with Crippen molar-refractivity contribution in [1.29, 1.82) is 0 Å². The van der Waals surface area contributed by atoms with Gasteiger partial charge in [0.05, 0.1) is 10.9 Å². The topological polar surface area (TPSA) is 54.5 Å². The van der Waals surface area contributed by atoms with Gasteiger partial charge >= 0.3 is 0 Å². The molecule has 5 heteroatoms. The van der Waals surface area contributed by atoms with Crippen molar-refractivity contribution in [3.8, 4) is 0 Å². The van der Waals surface area contributed by atoms with Crippen LogP contribution in [0.1, 0.15) is 53.0 Å². The SMILES string of the molecule is Cc1ccc([C@H]2[C@H](C(=O)c3cccs3)N3c4ccccc4C=CC3C23C(=O)c2ccccc2C3=O)cc1. The van der Waals surface area contributed by atoms with Gasteiger partial charge in [0.1, 0.15) is 11.5 Å². The zero-order chi connectivity index (χ0) is 25.3. The molecule has 0 saturated carbocycles. The Morgan fingerprint density at radius 1 is 0.838 bits per heavy atom. The number of para-hydroxylation sites is 1. The minimum absolute atomic E-state index is 0.0656. The lowest BCUT2D eigenvalue weighted by Crippen LogP contribution is -2.48. The van der Waals surface area contributed by atoms with E-state index in [0.717, 1.165) is 22.4 Å². The molecule has 3 atom stereocenters. The third-order valence-corrected chi connectivity index (χ3v) is 9.07. The average Bonchev–Trinajstić information content (AvgIpc) is 3.63. The van der Waals surface area contributed by atoms with Crippen molar-refractivity contribution in [3.63, 3.8) is 0 Å². The largest absolute Gasteiger partial charge is 0.352 e. The Balaban J connectivity index is 1.56. The lowest BCUT2D eigenvalue weighted by atomic mass is 9.64. The molecule has 1 aliphatic carbocycles. The number of benzene rings is 3. The lowest BCUT2D eigenvalue weighted by molar-refractivity contribution is 0.0666. The molecule has 1 spiro atoms. The normalized spacial score (nSPS) is 22.7. The fourth-order valence-electron chi connectivity index (χ4n) is 6.63. The van der Waals surface area contributed by atoms with Crippen molar-refractivity contribution in [1.82, 2.24) is 0 Å². The number of rotatable bonds is 3. The molecule has 1 aromatic heterocycles. The number of nitrogens with zero attached hydrogens (tertiary/aromatic N) is 1. The zero-order valence-electron chi connectivity index (χ0n) is 20.1. The highest BCUT2D eigenvalue weighted by atomic mass is 32.1. The van der Waals surface area contributed by atoms with Gasteiger partial charge in [0.25, 0.3) is 0 Å². The molecule has 1 fully saturated rings. The number of carbonyl (C=O) groups is 3. The Hall–Kier alpha value is -4.09. The van der Waals surface area contributed by atoms with Crippen LogP contribution >= 0.6 is 11.3 Å². The van der Waals surface area contributed by atoms with Crippen LogP contribution in [-0.4, -0.2) is 29.4 Å². The molecule has 4 aromatic rings. The summed E-state index contributed by atoms with van der Waals surface area (Å²) in [4.78, 5) is 46.1. The first kappa shape index (κ1) is 22.1. The van der Waals surface area contributed by atoms with E-state index in [-0.39, 0.29) is 17.3 Å². The van der Waals surface area contributed by atoms with Crippen LogP contribution in [0.2, 0.25) is 0 Å². The average molecular weight is 502 g/mol. The summed E-state index contributed by atoms with van der Waals surface area (Å²) in [6.07, 6.45) is 3.96. The summed E-state index contributed by atoms with van der Waals surface area (Å²) in [6.45, 7) is 2.01. The van der Waals surface area contributed by atoms with Gasteiger partial charge < -0.3 is 4.90 Å². The number of anilines is 1. The molecule has 0 N–H and O–H groups in total. The van der Waals surface area contributed by atoms with E-state index >= 15 is 0 Å². The van der Waals surface area contributed by atoms with E-state index in [9.17, 15) is 14.4 Å². The van der Waals surface area contributed by atoms with Crippen LogP contribution in [0.3, 0.4) is 0 Å². The maximum atomic E-state index is 14.5. The first-order valence-electron chi connectivity index (χ1n) is 12.4. The first-order valence-corrected chi connectivity index (χ1v) is 13.3. The van der Waals surface area contributed by atoms with Gasteiger partial charge in [0.2, 0.25) is 0 Å². The van der Waals surface area contributed by atoms with E-state index in [1.165, 1.54) is 11.3 Å². The molecule has 37 heavy (non-hydrogen) atoms. The van der Waals surface area contributed by atoms with Crippen molar-refractivity contribution >= 4 is 40.4 Å². The molecule has 3 aromatic carbocycles. The number of aryl methyl sites for hydroxylation is 1. The van der Waals surface area contributed by atoms with Gasteiger partial charge in [-0.05, 0) is 35.6 Å². The van der Waals surface area contributed by atoms with E-state index in [0.29, 0.717) is 16.0 Å². The smallest absolute Gasteiger partial charge is 0.195 e. The molecule has 1 unspecified atom stereocenters. The number of carbonyl (C=O) groups excluding carboxylic acids is 3. The van der Waals surface area contributed by atoms with Crippen LogP contribution in [0.4, 0.5) is 5.69 Å². The molecule has 3 heterocycles. The van der Waals surface area contributed by atoms with Crippen LogP contribution < -0.4 is 4.90 Å². The predicted molar refractivity (Wildman–Crippen MR) is 146 cm³/mol. The van der Waals surface area contributed by atoms with E-state index in [1.807, 2.05) is 85.1 Å². The molecule has 7 rings (SSSR count). The highest BCUT2D eigenvalue weighted by molar-refractivity contribution is 7.12. The Morgan fingerprint density at radius 2 is 1.51 bits per heavy atom. The number of thiophene rings is 1. The molecular formula is C32H23NO3S. The first-order chi connectivity index (χ1) is 18.0. The highest BCUT2D eigenvalue weighted by Gasteiger charge is 2.71. The van der Waals surface area contributed by atoms with Crippen LogP contribution in [-0.2, 0) is 0 Å². The number of Topliss-reactive ketones (excluding diaryl/α,β-unsaturated/α-hetero) is 3. The minimum Gasteiger partial charge on any atom is -0.352 e. The van der Waals surface area contributed by atoms with Crippen LogP contribution in [0.25, 0.3) is 6.08 Å². The van der Waals surface area contributed by atoms with Gasteiger partial charge in [-0.3, -0.25) is 14.4 Å². The fraction of sp³-hybridized carbons (Fsp3) is 0.156. The van der Waals surface area contributed by atoms with Gasteiger partial charge in [0.15, 0.2) is 17.3 Å². The molecule has 2 aliphatic heterocycles. The third-order valence-electron chi connectivity index (χ3n) is 8.18. The van der Waals surface area contributed by atoms with Gasteiger partial charge in [0, 0.05) is 22.7 Å². The summed E-state index contributed by atoms with van der Waals surface area (Å²) in [5.74, 6) is -1.11. The van der Waals surface area contributed by atoms with E-state index < -0.39 is 23.4 Å². The highest BCUT2D eigenvalue weighted by Crippen LogP contribution is 2.61. The van der Waals surface area contributed by atoms with Crippen molar-refractivity contribution < 1.29 is 14.4 Å². The molecule has 4 nitrogen and oxygen atoms in total. The number of hydrogen-bond donors (Lipinski definition) is 0. The van der Waals surface area contributed by atoms with E-state index in [1.54, 1.807) is 24.3 Å². The summed E-state index contributed by atoms with van der Waals surface area (Å²) in [5, 5.41) is 1.89. The number of ketones is 3. The maximum Gasteiger partial charge on any atom is 0.195 e. The monoisotopic (exact) mass is 501 g/mol. The molecule has 1 saturated heterocycles. The summed E-state index contributed by atoms with van der Waals surface area (Å²) in [7, 11) is 0. The summed E-state index contributed by atoms with van der Waals surface area (Å²) >= 11 is 1.39. The third kappa shape index (κ3) is 2.86. The molecule has 0 radical (unpaired) electrons. The Bertz CT molecular complexity index is 1580. The summed E-state index contributed by atoms with van der Waals surface area (Å²) in [6, 6.07) is 25.3. The van der Waals surface area contributed by atoms with Gasteiger partial charge in [-0.2, -0.15) is 0 Å². The quantitative estimate of drug-likeness (QED) is 0.242. The lowest BCUT2D eigenvalue weighted by Gasteiger charge is -2.37. The second-order valence-electron chi connectivity index (χ2n) is 10.0. The molecule has 0 amide bonds. The van der Waals surface area contributed by atoms with Crippen LogP contribution in [0, 0.1) is 12.3 Å². The van der Waals surface area contributed by atoms with E-state index in [4.69, 9.17) is 0 Å². The van der Waals surface area contributed by atoms with Crippen molar-refractivity contribution in [2.45, 2.75) is 24.9 Å². The fourth-order valence-corrected chi connectivity index (χ4v) is 7.33. The molecule has 0 bridgehead atoms. The summed E-state index contributed by atoms with van der Waals surface area (Å²) in [5.41, 5.74) is 3.19. The van der Waals surface area contributed by atoms with Gasteiger partial charge in [-0.1, -0.05) is 90.5 Å². The summed E-state index contributed by atoms with van der Waals surface area (Å²) < 4.78 is 0.